The van der Waals surface area contributed by atoms with Crippen LogP contribution in [0.25, 0.3) is 0 Å². The first-order valence-corrected chi connectivity index (χ1v) is 5.26. The minimum atomic E-state index is 0.145. The Hall–Kier alpha value is -1.62. The predicted octanol–water partition coefficient (Wildman–Crippen LogP) is 1.26. The molecule has 0 bridgehead atoms. The summed E-state index contributed by atoms with van der Waals surface area (Å²) in [5, 5.41) is 14.8. The summed E-state index contributed by atoms with van der Waals surface area (Å²) in [5.41, 5.74) is 6.56. The normalized spacial score (nSPS) is 15.8. The molecule has 0 saturated carbocycles. The molecule has 1 aromatic rings. The third-order valence-corrected chi connectivity index (χ3v) is 2.36. The van der Waals surface area contributed by atoms with Crippen LogP contribution < -0.4 is 11.1 Å². The van der Waals surface area contributed by atoms with Crippen molar-refractivity contribution < 1.29 is 5.21 Å². The molecule has 0 aliphatic carbocycles. The Kier molecular flexibility index (Phi) is 4.72. The van der Waals surface area contributed by atoms with Gasteiger partial charge in [0.2, 0.25) is 0 Å². The average molecular weight is 222 g/mol. The summed E-state index contributed by atoms with van der Waals surface area (Å²) in [5.74, 6) is 0.235. The van der Waals surface area contributed by atoms with E-state index in [0.29, 0.717) is 6.42 Å². The number of hydrogen-bond acceptors (Lipinski definition) is 4. The maximum Gasteiger partial charge on any atom is 0.140 e. The molecular formula is C11H18N4O. The van der Waals surface area contributed by atoms with Crippen LogP contribution in [-0.2, 0) is 0 Å². The van der Waals surface area contributed by atoms with Crippen LogP contribution in [0.1, 0.15) is 31.9 Å². The lowest BCUT2D eigenvalue weighted by molar-refractivity contribution is 0.315. The Morgan fingerprint density at radius 2 is 2.38 bits per heavy atom. The van der Waals surface area contributed by atoms with Crippen molar-refractivity contribution in [3.05, 3.63) is 30.1 Å². The molecule has 0 aliphatic rings. The number of nitrogens with one attached hydrogen (secondary N) is 1. The molecule has 0 aliphatic heterocycles. The summed E-state index contributed by atoms with van der Waals surface area (Å²) in [7, 11) is 0. The van der Waals surface area contributed by atoms with Gasteiger partial charge in [-0.05, 0) is 25.5 Å². The standard InChI is InChI=1S/C11H18N4O/c1-8(6-11(12)15-16)14-9(2)10-4-3-5-13-7-10/h3-5,7-9,14,16H,6H2,1-2H3,(H2,12,15)/t8?,9-/m1/s1. The summed E-state index contributed by atoms with van der Waals surface area (Å²) in [4.78, 5) is 4.06. The van der Waals surface area contributed by atoms with E-state index in [4.69, 9.17) is 10.9 Å². The summed E-state index contributed by atoms with van der Waals surface area (Å²) in [6.45, 7) is 4.05. The van der Waals surface area contributed by atoms with Crippen molar-refractivity contribution in [2.24, 2.45) is 10.9 Å². The number of oxime groups is 1. The number of rotatable bonds is 5. The minimum absolute atomic E-state index is 0.145. The van der Waals surface area contributed by atoms with Gasteiger partial charge in [0, 0.05) is 30.9 Å². The number of amidine groups is 1. The largest absolute Gasteiger partial charge is 0.409 e. The van der Waals surface area contributed by atoms with E-state index in [1.54, 1.807) is 6.20 Å². The Labute approximate surface area is 95.4 Å². The quantitative estimate of drug-likeness (QED) is 0.303. The molecule has 4 N–H and O–H groups in total. The van der Waals surface area contributed by atoms with Crippen molar-refractivity contribution >= 4 is 5.84 Å². The molecule has 0 radical (unpaired) electrons. The first-order chi connectivity index (χ1) is 7.63. The molecule has 1 rings (SSSR count). The SMILES string of the molecule is CC(C/C(N)=N/O)N[C@H](C)c1cccnc1. The number of pyridine rings is 1. The van der Waals surface area contributed by atoms with Gasteiger partial charge in [-0.2, -0.15) is 0 Å². The average Bonchev–Trinajstić information content (AvgIpc) is 2.29. The maximum absolute atomic E-state index is 8.46. The Morgan fingerprint density at radius 3 is 2.94 bits per heavy atom. The molecule has 5 nitrogen and oxygen atoms in total. The zero-order valence-corrected chi connectivity index (χ0v) is 9.59. The highest BCUT2D eigenvalue weighted by Gasteiger charge is 2.10. The molecule has 2 atom stereocenters. The summed E-state index contributed by atoms with van der Waals surface area (Å²) in [6, 6.07) is 4.25. The minimum Gasteiger partial charge on any atom is -0.409 e. The van der Waals surface area contributed by atoms with Crippen LogP contribution in [-0.4, -0.2) is 22.1 Å². The Balaban J connectivity index is 2.48. The lowest BCUT2D eigenvalue weighted by Crippen LogP contribution is -2.33. The van der Waals surface area contributed by atoms with Crippen LogP contribution >= 0.6 is 0 Å². The van der Waals surface area contributed by atoms with Crippen molar-refractivity contribution in [2.75, 3.05) is 0 Å². The van der Waals surface area contributed by atoms with Crippen molar-refractivity contribution in [1.29, 1.82) is 0 Å². The van der Waals surface area contributed by atoms with E-state index in [2.05, 4.69) is 22.4 Å². The molecule has 0 amide bonds. The topological polar surface area (TPSA) is 83.5 Å². The fourth-order valence-corrected chi connectivity index (χ4v) is 1.57. The first kappa shape index (κ1) is 12.4. The molecule has 1 heterocycles. The third kappa shape index (κ3) is 3.86. The van der Waals surface area contributed by atoms with E-state index in [1.165, 1.54) is 0 Å². The summed E-state index contributed by atoms with van der Waals surface area (Å²) >= 11 is 0. The second kappa shape index (κ2) is 6.07. The van der Waals surface area contributed by atoms with Gasteiger partial charge < -0.3 is 16.3 Å². The highest BCUT2D eigenvalue weighted by molar-refractivity contribution is 5.80. The van der Waals surface area contributed by atoms with Gasteiger partial charge in [-0.15, -0.1) is 0 Å². The van der Waals surface area contributed by atoms with E-state index in [-0.39, 0.29) is 17.9 Å². The first-order valence-electron chi connectivity index (χ1n) is 5.26. The van der Waals surface area contributed by atoms with Gasteiger partial charge in [0.15, 0.2) is 0 Å². The van der Waals surface area contributed by atoms with E-state index in [0.717, 1.165) is 5.56 Å². The van der Waals surface area contributed by atoms with Gasteiger partial charge in [-0.3, -0.25) is 4.98 Å². The number of hydrogen-bond donors (Lipinski definition) is 3. The summed E-state index contributed by atoms with van der Waals surface area (Å²) in [6.07, 6.45) is 4.09. The van der Waals surface area contributed by atoms with Gasteiger partial charge in [-0.1, -0.05) is 11.2 Å². The number of aromatic nitrogens is 1. The zero-order valence-electron chi connectivity index (χ0n) is 9.59. The van der Waals surface area contributed by atoms with Crippen LogP contribution in [0.15, 0.2) is 29.7 Å². The van der Waals surface area contributed by atoms with Gasteiger partial charge in [0.1, 0.15) is 5.84 Å². The molecule has 0 aromatic carbocycles. The molecule has 0 saturated heterocycles. The van der Waals surface area contributed by atoms with Crippen LogP contribution in [0, 0.1) is 0 Å². The van der Waals surface area contributed by atoms with Gasteiger partial charge in [-0.25, -0.2) is 0 Å². The maximum atomic E-state index is 8.46. The van der Waals surface area contributed by atoms with Crippen molar-refractivity contribution in [1.82, 2.24) is 10.3 Å². The lowest BCUT2D eigenvalue weighted by Gasteiger charge is -2.19. The van der Waals surface area contributed by atoms with Gasteiger partial charge in [0.25, 0.3) is 0 Å². The van der Waals surface area contributed by atoms with Crippen LogP contribution in [0.3, 0.4) is 0 Å². The highest BCUT2D eigenvalue weighted by atomic mass is 16.4. The highest BCUT2D eigenvalue weighted by Crippen LogP contribution is 2.11. The van der Waals surface area contributed by atoms with E-state index in [9.17, 15) is 0 Å². The fourth-order valence-electron chi connectivity index (χ4n) is 1.57. The molecule has 1 unspecified atom stereocenters. The van der Waals surface area contributed by atoms with Gasteiger partial charge in [0.05, 0.1) is 0 Å². The van der Waals surface area contributed by atoms with Crippen LogP contribution in [0.4, 0.5) is 0 Å². The van der Waals surface area contributed by atoms with Gasteiger partial charge >= 0.3 is 0 Å². The van der Waals surface area contributed by atoms with Crippen LogP contribution in [0.2, 0.25) is 0 Å². The fraction of sp³-hybridized carbons (Fsp3) is 0.455. The van der Waals surface area contributed by atoms with E-state index >= 15 is 0 Å². The molecule has 16 heavy (non-hydrogen) atoms. The van der Waals surface area contributed by atoms with E-state index < -0.39 is 0 Å². The smallest absolute Gasteiger partial charge is 0.140 e. The molecule has 0 spiro atoms. The molecule has 88 valence electrons. The summed E-state index contributed by atoms with van der Waals surface area (Å²) < 4.78 is 0. The predicted molar refractivity (Wildman–Crippen MR) is 63.3 cm³/mol. The second-order valence-electron chi connectivity index (χ2n) is 3.87. The van der Waals surface area contributed by atoms with Crippen molar-refractivity contribution in [3.8, 4) is 0 Å². The molecular weight excluding hydrogens is 204 g/mol. The lowest BCUT2D eigenvalue weighted by atomic mass is 10.1. The molecule has 0 fully saturated rings. The Bertz CT molecular complexity index is 339. The molecule has 5 heteroatoms. The number of nitrogens with two attached hydrogens (primary N) is 1. The monoisotopic (exact) mass is 222 g/mol. The number of nitrogens with zero attached hydrogens (tertiary/aromatic N) is 2. The third-order valence-electron chi connectivity index (χ3n) is 2.36. The van der Waals surface area contributed by atoms with Crippen molar-refractivity contribution in [2.45, 2.75) is 32.4 Å². The second-order valence-corrected chi connectivity index (χ2v) is 3.87. The van der Waals surface area contributed by atoms with E-state index in [1.807, 2.05) is 25.3 Å². The Morgan fingerprint density at radius 1 is 1.62 bits per heavy atom. The van der Waals surface area contributed by atoms with Crippen LogP contribution in [0.5, 0.6) is 0 Å². The van der Waals surface area contributed by atoms with Crippen molar-refractivity contribution in [3.63, 3.8) is 0 Å². The molecule has 1 aromatic heterocycles. The zero-order chi connectivity index (χ0) is 12.0.